The number of nitrogens with one attached hydrogen (secondary N) is 1. The molecule has 5 nitrogen and oxygen atoms in total. The molecule has 0 amide bonds. The fourth-order valence-corrected chi connectivity index (χ4v) is 2.05. The van der Waals surface area contributed by atoms with Gasteiger partial charge in [-0.3, -0.25) is 4.68 Å². The summed E-state index contributed by atoms with van der Waals surface area (Å²) >= 11 is 0. The van der Waals surface area contributed by atoms with Crippen molar-refractivity contribution in [2.75, 3.05) is 27.4 Å². The number of nitrogens with zero attached hydrogens (tertiary/aromatic N) is 2. The predicted molar refractivity (Wildman–Crippen MR) is 82.5 cm³/mol. The zero-order valence-corrected chi connectivity index (χ0v) is 12.7. The number of hydrogen-bond acceptors (Lipinski definition) is 4. The van der Waals surface area contributed by atoms with Crippen molar-refractivity contribution >= 4 is 0 Å². The van der Waals surface area contributed by atoms with E-state index < -0.39 is 0 Å². The highest BCUT2D eigenvalue weighted by Gasteiger charge is 2.00. The Morgan fingerprint density at radius 3 is 2.67 bits per heavy atom. The number of methoxy groups -OCH3 is 2. The zero-order valence-electron chi connectivity index (χ0n) is 12.7. The van der Waals surface area contributed by atoms with Gasteiger partial charge < -0.3 is 14.8 Å². The standard InChI is InChI=1S/C16H23N3O2/c1-20-12-9-17-13-15-8-11-19(18-15)10-7-14-3-5-16(21-2)6-4-14/h3-6,8,11,17H,7,9-10,12-13H2,1-2H3. The topological polar surface area (TPSA) is 48.3 Å². The molecule has 21 heavy (non-hydrogen) atoms. The largest absolute Gasteiger partial charge is 0.497 e. The summed E-state index contributed by atoms with van der Waals surface area (Å²) in [5.74, 6) is 0.891. The van der Waals surface area contributed by atoms with Gasteiger partial charge in [-0.25, -0.2) is 0 Å². The Morgan fingerprint density at radius 2 is 1.95 bits per heavy atom. The monoisotopic (exact) mass is 289 g/mol. The van der Waals surface area contributed by atoms with E-state index in [0.29, 0.717) is 0 Å². The van der Waals surface area contributed by atoms with Crippen LogP contribution in [0.4, 0.5) is 0 Å². The maximum absolute atomic E-state index is 5.16. The molecule has 2 aromatic rings. The van der Waals surface area contributed by atoms with Gasteiger partial charge in [-0.1, -0.05) is 12.1 Å². The van der Waals surface area contributed by atoms with Gasteiger partial charge in [0, 0.05) is 32.9 Å². The molecule has 2 rings (SSSR count). The van der Waals surface area contributed by atoms with E-state index in [1.165, 1.54) is 5.56 Å². The van der Waals surface area contributed by atoms with Gasteiger partial charge in [-0.2, -0.15) is 5.10 Å². The average Bonchev–Trinajstić information content (AvgIpc) is 2.98. The summed E-state index contributed by atoms with van der Waals surface area (Å²) in [6.07, 6.45) is 2.99. The van der Waals surface area contributed by atoms with Gasteiger partial charge in [0.25, 0.3) is 0 Å². The van der Waals surface area contributed by atoms with Crippen LogP contribution < -0.4 is 10.1 Å². The van der Waals surface area contributed by atoms with E-state index in [9.17, 15) is 0 Å². The molecule has 1 N–H and O–H groups in total. The third kappa shape index (κ3) is 5.21. The average molecular weight is 289 g/mol. The van der Waals surface area contributed by atoms with Gasteiger partial charge in [0.1, 0.15) is 5.75 Å². The van der Waals surface area contributed by atoms with Gasteiger partial charge >= 0.3 is 0 Å². The van der Waals surface area contributed by atoms with E-state index in [0.717, 1.165) is 44.1 Å². The van der Waals surface area contributed by atoms with Crippen molar-refractivity contribution in [1.82, 2.24) is 15.1 Å². The van der Waals surface area contributed by atoms with Crippen molar-refractivity contribution in [3.05, 3.63) is 47.8 Å². The first-order chi connectivity index (χ1) is 10.3. The van der Waals surface area contributed by atoms with Crippen LogP contribution in [0.5, 0.6) is 5.75 Å². The van der Waals surface area contributed by atoms with Crippen molar-refractivity contribution in [2.45, 2.75) is 19.5 Å². The first-order valence-electron chi connectivity index (χ1n) is 7.16. The molecular formula is C16H23N3O2. The fourth-order valence-electron chi connectivity index (χ4n) is 2.05. The molecule has 0 fully saturated rings. The lowest BCUT2D eigenvalue weighted by Crippen LogP contribution is -2.19. The lowest BCUT2D eigenvalue weighted by molar-refractivity contribution is 0.199. The zero-order chi connectivity index (χ0) is 14.9. The van der Waals surface area contributed by atoms with Crippen molar-refractivity contribution < 1.29 is 9.47 Å². The summed E-state index contributed by atoms with van der Waals surface area (Å²) in [5.41, 5.74) is 2.34. The van der Waals surface area contributed by atoms with Gasteiger partial charge in [0.2, 0.25) is 0 Å². The molecule has 1 heterocycles. The van der Waals surface area contributed by atoms with Gasteiger partial charge in [0.15, 0.2) is 0 Å². The molecule has 0 unspecified atom stereocenters. The smallest absolute Gasteiger partial charge is 0.118 e. The molecule has 0 aliphatic heterocycles. The summed E-state index contributed by atoms with van der Waals surface area (Å²) in [4.78, 5) is 0. The van der Waals surface area contributed by atoms with Crippen LogP contribution in [0.3, 0.4) is 0 Å². The lowest BCUT2D eigenvalue weighted by Gasteiger charge is -2.04. The third-order valence-corrected chi connectivity index (χ3v) is 3.27. The van der Waals surface area contributed by atoms with Crippen molar-refractivity contribution in [2.24, 2.45) is 0 Å². The molecule has 0 aliphatic carbocycles. The van der Waals surface area contributed by atoms with Gasteiger partial charge in [0.05, 0.1) is 19.4 Å². The van der Waals surface area contributed by atoms with Crippen LogP contribution >= 0.6 is 0 Å². The Morgan fingerprint density at radius 1 is 1.14 bits per heavy atom. The molecule has 0 saturated carbocycles. The second-order valence-corrected chi connectivity index (χ2v) is 4.84. The van der Waals surface area contributed by atoms with Crippen LogP contribution in [-0.2, 0) is 24.2 Å². The quantitative estimate of drug-likeness (QED) is 0.716. The van der Waals surface area contributed by atoms with Gasteiger partial charge in [-0.05, 0) is 30.2 Å². The van der Waals surface area contributed by atoms with E-state index in [1.54, 1.807) is 14.2 Å². The normalized spacial score (nSPS) is 10.8. The molecule has 0 bridgehead atoms. The number of aryl methyl sites for hydroxylation is 2. The van der Waals surface area contributed by atoms with E-state index >= 15 is 0 Å². The number of ether oxygens (including phenoxy) is 2. The Bertz CT molecular complexity index is 523. The molecule has 5 heteroatoms. The molecule has 1 aromatic heterocycles. The van der Waals surface area contributed by atoms with Gasteiger partial charge in [-0.15, -0.1) is 0 Å². The third-order valence-electron chi connectivity index (χ3n) is 3.27. The Hall–Kier alpha value is -1.85. The molecule has 1 aromatic carbocycles. The first-order valence-corrected chi connectivity index (χ1v) is 7.16. The van der Waals surface area contributed by atoms with E-state index in [2.05, 4.69) is 22.5 Å². The predicted octanol–water partition coefficient (Wildman–Crippen LogP) is 1.87. The summed E-state index contributed by atoms with van der Waals surface area (Å²) in [6, 6.07) is 10.2. The SMILES string of the molecule is COCCNCc1ccn(CCc2ccc(OC)cc2)n1. The van der Waals surface area contributed by atoms with E-state index in [1.807, 2.05) is 29.1 Å². The summed E-state index contributed by atoms with van der Waals surface area (Å²) < 4.78 is 12.1. The van der Waals surface area contributed by atoms with Crippen LogP contribution in [0.15, 0.2) is 36.5 Å². The van der Waals surface area contributed by atoms with Crippen molar-refractivity contribution in [1.29, 1.82) is 0 Å². The minimum atomic E-state index is 0.720. The molecule has 0 spiro atoms. The molecule has 0 aliphatic rings. The number of benzene rings is 1. The Labute approximate surface area is 125 Å². The highest BCUT2D eigenvalue weighted by Crippen LogP contribution is 2.12. The summed E-state index contributed by atoms with van der Waals surface area (Å²) in [7, 11) is 3.39. The highest BCUT2D eigenvalue weighted by molar-refractivity contribution is 5.27. The van der Waals surface area contributed by atoms with Crippen LogP contribution in [-0.4, -0.2) is 37.2 Å². The number of rotatable bonds is 9. The lowest BCUT2D eigenvalue weighted by atomic mass is 10.1. The Kier molecular flexibility index (Phi) is 6.24. The fraction of sp³-hybridized carbons (Fsp3) is 0.438. The van der Waals surface area contributed by atoms with Crippen LogP contribution in [0.1, 0.15) is 11.3 Å². The summed E-state index contributed by atoms with van der Waals surface area (Å²) in [6.45, 7) is 3.22. The van der Waals surface area contributed by atoms with Crippen molar-refractivity contribution in [3.63, 3.8) is 0 Å². The Balaban J connectivity index is 1.76. The summed E-state index contributed by atoms with van der Waals surface area (Å²) in [5, 5.41) is 7.83. The molecule has 0 atom stereocenters. The second kappa shape index (κ2) is 8.44. The van der Waals surface area contributed by atoms with Crippen LogP contribution in [0.25, 0.3) is 0 Å². The van der Waals surface area contributed by atoms with E-state index in [4.69, 9.17) is 9.47 Å². The maximum Gasteiger partial charge on any atom is 0.118 e. The molecular weight excluding hydrogens is 266 g/mol. The molecule has 0 radical (unpaired) electrons. The van der Waals surface area contributed by atoms with Crippen molar-refractivity contribution in [3.8, 4) is 5.75 Å². The maximum atomic E-state index is 5.16. The molecule has 0 saturated heterocycles. The van der Waals surface area contributed by atoms with Crippen LogP contribution in [0.2, 0.25) is 0 Å². The first kappa shape index (κ1) is 15.5. The van der Waals surface area contributed by atoms with Crippen LogP contribution in [0, 0.1) is 0 Å². The van der Waals surface area contributed by atoms with E-state index in [-0.39, 0.29) is 0 Å². The second-order valence-electron chi connectivity index (χ2n) is 4.84. The molecule has 114 valence electrons. The minimum Gasteiger partial charge on any atom is -0.497 e. The minimum absolute atomic E-state index is 0.720. The number of hydrogen-bond donors (Lipinski definition) is 1. The number of aromatic nitrogens is 2. The highest BCUT2D eigenvalue weighted by atomic mass is 16.5.